The van der Waals surface area contributed by atoms with Gasteiger partial charge in [0.2, 0.25) is 11.1 Å². The number of nitrogens with zero attached hydrogens (tertiary/aromatic N) is 4. The van der Waals surface area contributed by atoms with E-state index in [-0.39, 0.29) is 29.6 Å². The molecule has 1 aliphatic rings. The predicted molar refractivity (Wildman–Crippen MR) is 90.5 cm³/mol. The van der Waals surface area contributed by atoms with Crippen LogP contribution in [-0.4, -0.2) is 44.6 Å². The maximum atomic E-state index is 13.0. The van der Waals surface area contributed by atoms with Gasteiger partial charge in [-0.2, -0.15) is 0 Å². The summed E-state index contributed by atoms with van der Waals surface area (Å²) >= 11 is 1.28. The smallest absolute Gasteiger partial charge is 0.230 e. The van der Waals surface area contributed by atoms with Gasteiger partial charge >= 0.3 is 0 Å². The Kier molecular flexibility index (Phi) is 5.98. The second-order valence-electron chi connectivity index (χ2n) is 5.91. The van der Waals surface area contributed by atoms with E-state index in [1.807, 2.05) is 6.92 Å². The van der Waals surface area contributed by atoms with Crippen molar-refractivity contribution in [2.75, 3.05) is 12.4 Å². The second kappa shape index (κ2) is 8.39. The molecule has 0 saturated carbocycles. The van der Waals surface area contributed by atoms with Crippen molar-refractivity contribution in [1.82, 2.24) is 25.5 Å². The van der Waals surface area contributed by atoms with Gasteiger partial charge in [-0.25, -0.2) is 9.07 Å². The largest absolute Gasteiger partial charge is 0.376 e. The summed E-state index contributed by atoms with van der Waals surface area (Å²) in [6, 6.07) is 5.89. The average Bonchev–Trinajstić information content (AvgIpc) is 3.26. The highest BCUT2D eigenvalue weighted by molar-refractivity contribution is 7.99. The first-order valence-electron chi connectivity index (χ1n) is 8.17. The molecule has 2 aromatic rings. The second-order valence-corrected chi connectivity index (χ2v) is 6.85. The summed E-state index contributed by atoms with van der Waals surface area (Å²) in [7, 11) is 0. The minimum absolute atomic E-state index is 0.131. The van der Waals surface area contributed by atoms with Crippen LogP contribution in [0.15, 0.2) is 29.4 Å². The van der Waals surface area contributed by atoms with Crippen LogP contribution in [0.2, 0.25) is 0 Å². The lowest BCUT2D eigenvalue weighted by Crippen LogP contribution is -2.28. The third-order valence-electron chi connectivity index (χ3n) is 3.98. The summed E-state index contributed by atoms with van der Waals surface area (Å²) in [5.41, 5.74) is 0.850. The predicted octanol–water partition coefficient (Wildman–Crippen LogP) is 1.96. The minimum atomic E-state index is -0.295. The van der Waals surface area contributed by atoms with Crippen LogP contribution in [0.5, 0.6) is 0 Å². The monoisotopic (exact) mass is 365 g/mol. The van der Waals surface area contributed by atoms with Gasteiger partial charge in [0.1, 0.15) is 5.82 Å². The van der Waals surface area contributed by atoms with E-state index in [9.17, 15) is 9.18 Å². The first-order chi connectivity index (χ1) is 12.1. The third kappa shape index (κ3) is 4.99. The van der Waals surface area contributed by atoms with E-state index in [0.717, 1.165) is 25.0 Å². The lowest BCUT2D eigenvalue weighted by Gasteiger charge is -2.14. The summed E-state index contributed by atoms with van der Waals surface area (Å²) in [4.78, 5) is 12.1. The van der Waals surface area contributed by atoms with Crippen LogP contribution in [0.1, 0.15) is 31.4 Å². The van der Waals surface area contributed by atoms with Gasteiger partial charge in [-0.1, -0.05) is 23.9 Å². The molecule has 1 aromatic heterocycles. The molecule has 2 heterocycles. The Morgan fingerprint density at radius 3 is 3.00 bits per heavy atom. The van der Waals surface area contributed by atoms with E-state index in [4.69, 9.17) is 4.74 Å². The van der Waals surface area contributed by atoms with E-state index in [0.29, 0.717) is 11.7 Å². The van der Waals surface area contributed by atoms with E-state index >= 15 is 0 Å². The summed E-state index contributed by atoms with van der Waals surface area (Å²) in [5, 5.41) is 15.1. The normalized spacial score (nSPS) is 18.2. The number of carbonyl (C=O) groups is 1. The number of aromatic nitrogens is 4. The third-order valence-corrected chi connectivity index (χ3v) is 4.94. The van der Waals surface area contributed by atoms with Gasteiger partial charge in [0.25, 0.3) is 0 Å². The van der Waals surface area contributed by atoms with E-state index < -0.39 is 0 Å². The number of hydrogen-bond acceptors (Lipinski definition) is 6. The number of benzene rings is 1. The van der Waals surface area contributed by atoms with Crippen molar-refractivity contribution in [1.29, 1.82) is 0 Å². The highest BCUT2D eigenvalue weighted by Crippen LogP contribution is 2.19. The number of rotatable bonds is 7. The molecular formula is C16H20FN5O2S. The molecule has 1 N–H and O–H groups in total. The van der Waals surface area contributed by atoms with Gasteiger partial charge in [0.05, 0.1) is 24.4 Å². The number of hydrogen-bond donors (Lipinski definition) is 1. The SMILES string of the molecule is CC(NC(=O)CSc1nnnn1CC1CCCO1)c1ccc(F)cc1. The van der Waals surface area contributed by atoms with Crippen molar-refractivity contribution in [3.8, 4) is 0 Å². The van der Waals surface area contributed by atoms with E-state index in [1.54, 1.807) is 16.8 Å². The number of thioether (sulfide) groups is 1. The molecule has 0 bridgehead atoms. The fourth-order valence-electron chi connectivity index (χ4n) is 2.64. The first kappa shape index (κ1) is 17.8. The zero-order valence-electron chi connectivity index (χ0n) is 13.9. The zero-order valence-corrected chi connectivity index (χ0v) is 14.7. The van der Waals surface area contributed by atoms with Gasteiger partial charge in [-0.15, -0.1) is 5.10 Å². The number of ether oxygens (including phenoxy) is 1. The molecule has 25 heavy (non-hydrogen) atoms. The Labute approximate surface area is 149 Å². The minimum Gasteiger partial charge on any atom is -0.376 e. The van der Waals surface area contributed by atoms with Crippen LogP contribution < -0.4 is 5.32 Å². The zero-order chi connectivity index (χ0) is 17.6. The Hall–Kier alpha value is -2.00. The molecule has 0 spiro atoms. The van der Waals surface area contributed by atoms with Crippen molar-refractivity contribution in [2.24, 2.45) is 0 Å². The van der Waals surface area contributed by atoms with Crippen LogP contribution in [0.25, 0.3) is 0 Å². The Balaban J connectivity index is 1.49. The molecule has 1 saturated heterocycles. The lowest BCUT2D eigenvalue weighted by atomic mass is 10.1. The van der Waals surface area contributed by atoms with Crippen molar-refractivity contribution in [2.45, 2.75) is 43.6 Å². The topological polar surface area (TPSA) is 81.9 Å². The van der Waals surface area contributed by atoms with Gasteiger partial charge in [-0.3, -0.25) is 4.79 Å². The summed E-state index contributed by atoms with van der Waals surface area (Å²) in [5.74, 6) is -0.221. The van der Waals surface area contributed by atoms with Gasteiger partial charge in [0.15, 0.2) is 0 Å². The van der Waals surface area contributed by atoms with Crippen LogP contribution in [0, 0.1) is 5.82 Å². The highest BCUT2D eigenvalue weighted by atomic mass is 32.2. The van der Waals surface area contributed by atoms with Crippen molar-refractivity contribution < 1.29 is 13.9 Å². The fourth-order valence-corrected chi connectivity index (χ4v) is 3.34. The van der Waals surface area contributed by atoms with Crippen LogP contribution in [0.3, 0.4) is 0 Å². The van der Waals surface area contributed by atoms with Gasteiger partial charge < -0.3 is 10.1 Å². The Morgan fingerprint density at radius 2 is 2.28 bits per heavy atom. The van der Waals surface area contributed by atoms with E-state index in [2.05, 4.69) is 20.8 Å². The molecule has 2 atom stereocenters. The standard InChI is InChI=1S/C16H20FN5O2S/c1-11(12-4-6-13(17)7-5-12)18-15(23)10-25-16-19-20-21-22(16)9-14-3-2-8-24-14/h4-7,11,14H,2-3,8-10H2,1H3,(H,18,23). The average molecular weight is 365 g/mol. The van der Waals surface area contributed by atoms with Crippen molar-refractivity contribution in [3.63, 3.8) is 0 Å². The lowest BCUT2D eigenvalue weighted by molar-refractivity contribution is -0.119. The van der Waals surface area contributed by atoms with E-state index in [1.165, 1.54) is 23.9 Å². The molecule has 1 aromatic carbocycles. The molecular weight excluding hydrogens is 345 g/mol. The van der Waals surface area contributed by atoms with Crippen LogP contribution in [0.4, 0.5) is 4.39 Å². The summed E-state index contributed by atoms with van der Waals surface area (Å²) in [6.45, 7) is 3.24. The Morgan fingerprint density at radius 1 is 1.48 bits per heavy atom. The van der Waals surface area contributed by atoms with Crippen LogP contribution in [-0.2, 0) is 16.1 Å². The summed E-state index contributed by atoms with van der Waals surface area (Å²) in [6.07, 6.45) is 2.19. The van der Waals surface area contributed by atoms with Crippen molar-refractivity contribution in [3.05, 3.63) is 35.6 Å². The molecule has 7 nitrogen and oxygen atoms in total. The number of nitrogens with one attached hydrogen (secondary N) is 1. The molecule has 1 amide bonds. The first-order valence-corrected chi connectivity index (χ1v) is 9.16. The molecule has 134 valence electrons. The summed E-state index contributed by atoms with van der Waals surface area (Å²) < 4.78 is 20.2. The molecule has 0 radical (unpaired) electrons. The molecule has 1 fully saturated rings. The van der Waals surface area contributed by atoms with Gasteiger partial charge in [-0.05, 0) is 47.9 Å². The fraction of sp³-hybridized carbons (Fsp3) is 0.500. The quantitative estimate of drug-likeness (QED) is 0.756. The molecule has 3 rings (SSSR count). The molecule has 1 aliphatic heterocycles. The Bertz CT molecular complexity index is 703. The van der Waals surface area contributed by atoms with Gasteiger partial charge in [0, 0.05) is 6.61 Å². The molecule has 0 aliphatic carbocycles. The number of carbonyl (C=O) groups excluding carboxylic acids is 1. The number of halogens is 1. The maximum absolute atomic E-state index is 13.0. The number of tetrazole rings is 1. The highest BCUT2D eigenvalue weighted by Gasteiger charge is 2.19. The van der Waals surface area contributed by atoms with Crippen molar-refractivity contribution >= 4 is 17.7 Å². The maximum Gasteiger partial charge on any atom is 0.230 e. The molecule has 9 heteroatoms. The number of amides is 1. The van der Waals surface area contributed by atoms with Crippen LogP contribution >= 0.6 is 11.8 Å². The molecule has 2 unspecified atom stereocenters.